The summed E-state index contributed by atoms with van der Waals surface area (Å²) < 4.78 is 10.5. The largest absolute Gasteiger partial charge is 0.492 e. The lowest BCUT2D eigenvalue weighted by molar-refractivity contribution is -0.153. The second-order valence-corrected chi connectivity index (χ2v) is 7.67. The summed E-state index contributed by atoms with van der Waals surface area (Å²) >= 11 is 7.55. The van der Waals surface area contributed by atoms with E-state index in [1.54, 1.807) is 29.5 Å². The number of hydrogen-bond donors (Lipinski definition) is 2. The summed E-state index contributed by atoms with van der Waals surface area (Å²) in [5.41, 5.74) is 0.815. The number of fused-ring (bicyclic) bond motifs is 1. The summed E-state index contributed by atoms with van der Waals surface area (Å²) in [5.74, 6) is -1.09. The molecule has 2 N–H and O–H groups in total. The summed E-state index contributed by atoms with van der Waals surface area (Å²) in [6.45, 7) is 0.0369. The van der Waals surface area contributed by atoms with Crippen molar-refractivity contribution in [2.24, 2.45) is 5.92 Å². The Morgan fingerprint density at radius 3 is 2.93 bits per heavy atom. The molecule has 3 amide bonds. The summed E-state index contributed by atoms with van der Waals surface area (Å²) in [6.07, 6.45) is 1.10. The predicted octanol–water partition coefficient (Wildman–Crippen LogP) is 2.56. The predicted molar refractivity (Wildman–Crippen MR) is 105 cm³/mol. The van der Waals surface area contributed by atoms with E-state index in [1.807, 2.05) is 17.5 Å². The molecule has 3 rings (SSSR count). The van der Waals surface area contributed by atoms with Crippen molar-refractivity contribution in [3.05, 3.63) is 51.2 Å². The van der Waals surface area contributed by atoms with Crippen LogP contribution in [0.2, 0.25) is 5.02 Å². The number of amides is 3. The maximum atomic E-state index is 12.2. The number of nitrogens with one attached hydrogen (secondary N) is 2. The Bertz CT molecular complexity index is 856. The molecule has 1 aromatic heterocycles. The van der Waals surface area contributed by atoms with E-state index in [1.165, 1.54) is 0 Å². The van der Waals surface area contributed by atoms with Gasteiger partial charge >= 0.3 is 12.0 Å². The Morgan fingerprint density at radius 1 is 1.29 bits per heavy atom. The lowest BCUT2D eigenvalue weighted by Crippen LogP contribution is -2.42. The molecule has 1 aliphatic rings. The number of imide groups is 1. The number of benzene rings is 1. The molecule has 0 aliphatic carbocycles. The molecule has 148 valence electrons. The van der Waals surface area contributed by atoms with E-state index in [-0.39, 0.29) is 6.61 Å². The summed E-state index contributed by atoms with van der Waals surface area (Å²) in [5, 5.41) is 7.22. The fourth-order valence-electron chi connectivity index (χ4n) is 2.73. The van der Waals surface area contributed by atoms with Gasteiger partial charge in [-0.3, -0.25) is 14.9 Å². The van der Waals surface area contributed by atoms with Gasteiger partial charge in [0.05, 0.1) is 5.92 Å². The second kappa shape index (κ2) is 9.57. The lowest BCUT2D eigenvalue weighted by Gasteiger charge is -2.24. The first kappa shape index (κ1) is 20.2. The highest BCUT2D eigenvalue weighted by molar-refractivity contribution is 7.09. The zero-order valence-electron chi connectivity index (χ0n) is 14.9. The van der Waals surface area contributed by atoms with Crippen molar-refractivity contribution in [1.29, 1.82) is 0 Å². The van der Waals surface area contributed by atoms with Gasteiger partial charge in [0.2, 0.25) is 0 Å². The lowest BCUT2D eigenvalue weighted by atomic mass is 9.97. The second-order valence-electron chi connectivity index (χ2n) is 6.21. The minimum Gasteiger partial charge on any atom is -0.492 e. The Hall–Kier alpha value is -2.58. The van der Waals surface area contributed by atoms with E-state index in [2.05, 4.69) is 10.6 Å². The van der Waals surface area contributed by atoms with Crippen molar-refractivity contribution in [3.63, 3.8) is 0 Å². The molecular formula is C19H19ClN2O5S. The van der Waals surface area contributed by atoms with Crippen molar-refractivity contribution in [3.8, 4) is 5.75 Å². The minimum atomic E-state index is -0.692. The smallest absolute Gasteiger partial charge is 0.321 e. The molecule has 0 bridgehead atoms. The van der Waals surface area contributed by atoms with Gasteiger partial charge in [-0.2, -0.15) is 0 Å². The molecule has 1 aliphatic heterocycles. The number of esters is 1. The first-order valence-corrected chi connectivity index (χ1v) is 9.95. The van der Waals surface area contributed by atoms with E-state index >= 15 is 0 Å². The highest BCUT2D eigenvalue weighted by Gasteiger charge is 2.28. The van der Waals surface area contributed by atoms with Gasteiger partial charge in [0.15, 0.2) is 6.61 Å². The van der Waals surface area contributed by atoms with Gasteiger partial charge in [-0.1, -0.05) is 17.7 Å². The third-order valence-electron chi connectivity index (χ3n) is 4.10. The van der Waals surface area contributed by atoms with E-state index in [9.17, 15) is 14.4 Å². The number of hydrogen-bond acceptors (Lipinski definition) is 6. The van der Waals surface area contributed by atoms with Crippen molar-refractivity contribution < 1.29 is 23.9 Å². The molecule has 7 nitrogen and oxygen atoms in total. The van der Waals surface area contributed by atoms with E-state index in [4.69, 9.17) is 21.1 Å². The Kier molecular flexibility index (Phi) is 6.89. The van der Waals surface area contributed by atoms with Crippen LogP contribution in [-0.4, -0.2) is 37.7 Å². The van der Waals surface area contributed by atoms with Crippen LogP contribution in [0.25, 0.3) is 0 Å². The third-order valence-corrected chi connectivity index (χ3v) is 5.27. The first-order chi connectivity index (χ1) is 13.5. The van der Waals surface area contributed by atoms with Crippen LogP contribution in [0.1, 0.15) is 10.4 Å². The van der Waals surface area contributed by atoms with Crippen LogP contribution in [0.4, 0.5) is 4.79 Å². The molecule has 1 atom stereocenters. The zero-order chi connectivity index (χ0) is 19.9. The number of rotatable bonds is 6. The number of urea groups is 1. The summed E-state index contributed by atoms with van der Waals surface area (Å²) in [4.78, 5) is 36.8. The number of carbonyl (C=O) groups excluding carboxylic acids is 3. The van der Waals surface area contributed by atoms with Gasteiger partial charge < -0.3 is 14.8 Å². The van der Waals surface area contributed by atoms with Gasteiger partial charge in [0, 0.05) is 16.4 Å². The Labute approximate surface area is 171 Å². The molecular weight excluding hydrogens is 404 g/mol. The Balaban J connectivity index is 1.37. The maximum absolute atomic E-state index is 12.2. The summed E-state index contributed by atoms with van der Waals surface area (Å²) in [7, 11) is 0. The van der Waals surface area contributed by atoms with Crippen LogP contribution < -0.4 is 15.4 Å². The molecule has 0 saturated carbocycles. The van der Waals surface area contributed by atoms with E-state index in [0.717, 1.165) is 10.4 Å². The number of halogens is 1. The average molecular weight is 423 g/mol. The fraction of sp³-hybridized carbons (Fsp3) is 0.316. The molecule has 0 saturated heterocycles. The first-order valence-electron chi connectivity index (χ1n) is 8.69. The molecule has 1 unspecified atom stereocenters. The van der Waals surface area contributed by atoms with Gasteiger partial charge in [-0.25, -0.2) is 4.79 Å². The van der Waals surface area contributed by atoms with Crippen molar-refractivity contribution in [2.45, 2.75) is 12.8 Å². The van der Waals surface area contributed by atoms with E-state index < -0.39 is 30.4 Å². The van der Waals surface area contributed by atoms with E-state index in [0.29, 0.717) is 30.2 Å². The average Bonchev–Trinajstić information content (AvgIpc) is 3.19. The van der Waals surface area contributed by atoms with Crippen LogP contribution in [0, 0.1) is 5.92 Å². The Morgan fingerprint density at radius 2 is 2.14 bits per heavy atom. The summed E-state index contributed by atoms with van der Waals surface area (Å²) in [6, 6.07) is 8.49. The molecule has 28 heavy (non-hydrogen) atoms. The van der Waals surface area contributed by atoms with Crippen LogP contribution in [0.5, 0.6) is 5.75 Å². The van der Waals surface area contributed by atoms with Gasteiger partial charge in [-0.15, -0.1) is 11.3 Å². The normalized spacial score (nSPS) is 15.1. The monoisotopic (exact) mass is 422 g/mol. The van der Waals surface area contributed by atoms with Crippen molar-refractivity contribution in [1.82, 2.24) is 10.6 Å². The van der Waals surface area contributed by atoms with Gasteiger partial charge in [0.1, 0.15) is 12.4 Å². The van der Waals surface area contributed by atoms with Crippen LogP contribution in [0.15, 0.2) is 35.7 Å². The topological polar surface area (TPSA) is 93.7 Å². The number of carbonyl (C=O) groups is 3. The molecule has 2 aromatic rings. The van der Waals surface area contributed by atoms with Crippen LogP contribution >= 0.6 is 22.9 Å². The standard InChI is InChI=1S/C19H19ClN2O5S/c20-14-3-4-16-12(9-14)8-13(10-26-16)18(24)27-11-17(23)22-19(25)21-6-5-15-2-1-7-28-15/h1-4,7,9,13H,5-6,8,10-11H2,(H2,21,22,23,25). The quantitative estimate of drug-likeness (QED) is 0.698. The number of thiophene rings is 1. The maximum Gasteiger partial charge on any atom is 0.321 e. The SMILES string of the molecule is O=C(COC(=O)C1COc2ccc(Cl)cc2C1)NC(=O)NCCc1cccs1. The van der Waals surface area contributed by atoms with Crippen molar-refractivity contribution in [2.75, 3.05) is 19.8 Å². The minimum absolute atomic E-state index is 0.165. The van der Waals surface area contributed by atoms with Crippen LogP contribution in [-0.2, 0) is 27.2 Å². The highest BCUT2D eigenvalue weighted by Crippen LogP contribution is 2.30. The molecule has 0 spiro atoms. The molecule has 0 fully saturated rings. The zero-order valence-corrected chi connectivity index (χ0v) is 16.5. The highest BCUT2D eigenvalue weighted by atomic mass is 35.5. The third kappa shape index (κ3) is 5.71. The number of ether oxygens (including phenoxy) is 2. The van der Waals surface area contributed by atoms with Crippen LogP contribution in [0.3, 0.4) is 0 Å². The van der Waals surface area contributed by atoms with Gasteiger partial charge in [-0.05, 0) is 48.1 Å². The molecule has 0 radical (unpaired) electrons. The fourth-order valence-corrected chi connectivity index (χ4v) is 3.63. The molecule has 1 aromatic carbocycles. The van der Waals surface area contributed by atoms with Gasteiger partial charge in [0.25, 0.3) is 5.91 Å². The molecule has 9 heteroatoms. The molecule has 2 heterocycles. The van der Waals surface area contributed by atoms with Crippen molar-refractivity contribution >= 4 is 40.8 Å².